The number of ether oxygens (including phenoxy) is 2. The minimum absolute atomic E-state index is 0.00343. The summed E-state index contributed by atoms with van der Waals surface area (Å²) in [7, 11) is 0. The van der Waals surface area contributed by atoms with Crippen LogP contribution in [0.3, 0.4) is 0 Å². The Hall–Kier alpha value is -1.46. The number of morpholine rings is 1. The number of hydrogen-bond donors (Lipinski definition) is 0. The fourth-order valence-electron chi connectivity index (χ4n) is 3.69. The number of nitrogens with zero attached hydrogens (tertiary/aromatic N) is 2. The topological polar surface area (TPSA) is 51.7 Å². The van der Waals surface area contributed by atoms with Crippen molar-refractivity contribution in [1.29, 1.82) is 0 Å². The van der Waals surface area contributed by atoms with E-state index in [4.69, 9.17) is 9.47 Å². The maximum atomic E-state index is 12.7. The Morgan fingerprint density at radius 1 is 1.52 bits per heavy atom. The summed E-state index contributed by atoms with van der Waals surface area (Å²) in [6.45, 7) is 6.70. The monoisotopic (exact) mass is 318 g/mol. The van der Waals surface area contributed by atoms with Crippen molar-refractivity contribution in [3.05, 3.63) is 30.1 Å². The van der Waals surface area contributed by atoms with E-state index in [0.29, 0.717) is 37.9 Å². The standard InChI is InChI=1S/C18H26N2O3/c1-14(2)22-12-15-6-5-8-18(15)13-20(10-11-23-18)17(21)16-7-3-4-9-19-16/h3-4,7,9,14-15H,5-6,8,10-13H2,1-2H3/t15-,18+/m1/s1. The molecular formula is C18H26N2O3. The Labute approximate surface area is 138 Å². The zero-order chi connectivity index (χ0) is 16.3. The first-order valence-corrected chi connectivity index (χ1v) is 8.56. The molecule has 1 aliphatic carbocycles. The Bertz CT molecular complexity index is 534. The van der Waals surface area contributed by atoms with E-state index >= 15 is 0 Å². The highest BCUT2D eigenvalue weighted by atomic mass is 16.5. The Balaban J connectivity index is 1.70. The van der Waals surface area contributed by atoms with Gasteiger partial charge in [-0.15, -0.1) is 0 Å². The first-order valence-electron chi connectivity index (χ1n) is 8.56. The summed E-state index contributed by atoms with van der Waals surface area (Å²) in [6.07, 6.45) is 5.14. The second-order valence-electron chi connectivity index (χ2n) is 6.83. The van der Waals surface area contributed by atoms with Gasteiger partial charge in [-0.3, -0.25) is 9.78 Å². The Morgan fingerprint density at radius 3 is 3.13 bits per heavy atom. The highest BCUT2D eigenvalue weighted by Crippen LogP contribution is 2.41. The first-order chi connectivity index (χ1) is 11.1. The van der Waals surface area contributed by atoms with Gasteiger partial charge in [0.1, 0.15) is 5.69 Å². The van der Waals surface area contributed by atoms with Gasteiger partial charge in [0.15, 0.2) is 0 Å². The molecule has 2 aliphatic rings. The molecule has 2 atom stereocenters. The van der Waals surface area contributed by atoms with Crippen LogP contribution in [0.4, 0.5) is 0 Å². The number of aromatic nitrogens is 1. The molecule has 0 radical (unpaired) electrons. The molecule has 0 aromatic carbocycles. The molecule has 5 nitrogen and oxygen atoms in total. The summed E-state index contributed by atoms with van der Waals surface area (Å²) in [6, 6.07) is 5.46. The van der Waals surface area contributed by atoms with Crippen molar-refractivity contribution < 1.29 is 14.3 Å². The quantitative estimate of drug-likeness (QED) is 0.856. The first kappa shape index (κ1) is 16.4. The molecular weight excluding hydrogens is 292 g/mol. The van der Waals surface area contributed by atoms with Gasteiger partial charge in [0.05, 0.1) is 31.5 Å². The number of amides is 1. The normalized spacial score (nSPS) is 27.8. The third-order valence-corrected chi connectivity index (χ3v) is 4.91. The van der Waals surface area contributed by atoms with Crippen LogP contribution in [0.5, 0.6) is 0 Å². The van der Waals surface area contributed by atoms with Gasteiger partial charge in [-0.25, -0.2) is 0 Å². The lowest BCUT2D eigenvalue weighted by Crippen LogP contribution is -2.56. The van der Waals surface area contributed by atoms with Crippen LogP contribution in [0.25, 0.3) is 0 Å². The van der Waals surface area contributed by atoms with E-state index in [-0.39, 0.29) is 17.6 Å². The van der Waals surface area contributed by atoms with Crippen molar-refractivity contribution in [1.82, 2.24) is 9.88 Å². The van der Waals surface area contributed by atoms with Gasteiger partial charge in [0, 0.05) is 18.7 Å². The van der Waals surface area contributed by atoms with Crippen molar-refractivity contribution >= 4 is 5.91 Å². The van der Waals surface area contributed by atoms with E-state index in [1.54, 1.807) is 12.3 Å². The van der Waals surface area contributed by atoms with Crippen LogP contribution in [0, 0.1) is 5.92 Å². The molecule has 1 aromatic rings. The molecule has 23 heavy (non-hydrogen) atoms. The van der Waals surface area contributed by atoms with Crippen LogP contribution in [-0.2, 0) is 9.47 Å². The van der Waals surface area contributed by atoms with Crippen molar-refractivity contribution in [2.24, 2.45) is 5.92 Å². The van der Waals surface area contributed by atoms with Crippen LogP contribution in [0.2, 0.25) is 0 Å². The van der Waals surface area contributed by atoms with E-state index < -0.39 is 0 Å². The lowest BCUT2D eigenvalue weighted by atomic mass is 9.89. The van der Waals surface area contributed by atoms with E-state index in [1.807, 2.05) is 17.0 Å². The Kier molecular flexibility index (Phi) is 4.97. The molecule has 1 aliphatic heterocycles. The third-order valence-electron chi connectivity index (χ3n) is 4.91. The summed E-state index contributed by atoms with van der Waals surface area (Å²) >= 11 is 0. The number of pyridine rings is 1. The highest BCUT2D eigenvalue weighted by molar-refractivity contribution is 5.92. The van der Waals surface area contributed by atoms with Crippen molar-refractivity contribution in [2.45, 2.75) is 44.8 Å². The van der Waals surface area contributed by atoms with Crippen LogP contribution in [0.1, 0.15) is 43.6 Å². The smallest absolute Gasteiger partial charge is 0.272 e. The second-order valence-corrected chi connectivity index (χ2v) is 6.83. The number of hydrogen-bond acceptors (Lipinski definition) is 4. The number of carbonyl (C=O) groups excluding carboxylic acids is 1. The molecule has 1 spiro atoms. The van der Waals surface area contributed by atoms with E-state index in [2.05, 4.69) is 18.8 Å². The molecule has 1 saturated carbocycles. The van der Waals surface area contributed by atoms with Gasteiger partial charge in [-0.05, 0) is 38.8 Å². The predicted molar refractivity (Wildman–Crippen MR) is 87.3 cm³/mol. The Morgan fingerprint density at radius 2 is 2.39 bits per heavy atom. The van der Waals surface area contributed by atoms with Gasteiger partial charge in [0.2, 0.25) is 0 Å². The van der Waals surface area contributed by atoms with Crippen LogP contribution in [-0.4, -0.2) is 53.8 Å². The molecule has 1 saturated heterocycles. The minimum atomic E-state index is -0.239. The second kappa shape index (κ2) is 6.97. The molecule has 0 bridgehead atoms. The SMILES string of the molecule is CC(C)OC[C@H]1CCC[C@]12CN(C(=O)c1ccccn1)CCO2. The highest BCUT2D eigenvalue weighted by Gasteiger charge is 2.48. The van der Waals surface area contributed by atoms with Gasteiger partial charge in [-0.2, -0.15) is 0 Å². The van der Waals surface area contributed by atoms with E-state index in [1.165, 1.54) is 0 Å². The summed E-state index contributed by atoms with van der Waals surface area (Å²) < 4.78 is 12.0. The third kappa shape index (κ3) is 3.56. The van der Waals surface area contributed by atoms with Gasteiger partial charge >= 0.3 is 0 Å². The minimum Gasteiger partial charge on any atom is -0.378 e. The molecule has 2 fully saturated rings. The van der Waals surface area contributed by atoms with Crippen molar-refractivity contribution in [3.63, 3.8) is 0 Å². The van der Waals surface area contributed by atoms with Crippen molar-refractivity contribution in [2.75, 3.05) is 26.3 Å². The summed E-state index contributed by atoms with van der Waals surface area (Å²) in [5.74, 6) is 0.368. The largest absolute Gasteiger partial charge is 0.378 e. The van der Waals surface area contributed by atoms with E-state index in [0.717, 1.165) is 19.3 Å². The lowest BCUT2D eigenvalue weighted by Gasteiger charge is -2.44. The summed E-state index contributed by atoms with van der Waals surface area (Å²) in [5.41, 5.74) is 0.273. The fourth-order valence-corrected chi connectivity index (χ4v) is 3.69. The number of rotatable bonds is 4. The van der Waals surface area contributed by atoms with Crippen molar-refractivity contribution in [3.8, 4) is 0 Å². The molecule has 2 heterocycles. The lowest BCUT2D eigenvalue weighted by molar-refractivity contribution is -0.136. The molecule has 3 rings (SSSR count). The zero-order valence-corrected chi connectivity index (χ0v) is 14.0. The van der Waals surface area contributed by atoms with Gasteiger partial charge in [0.25, 0.3) is 5.91 Å². The molecule has 0 unspecified atom stereocenters. The van der Waals surface area contributed by atoms with Crippen LogP contribution in [0.15, 0.2) is 24.4 Å². The van der Waals surface area contributed by atoms with E-state index in [9.17, 15) is 4.79 Å². The van der Waals surface area contributed by atoms with Gasteiger partial charge < -0.3 is 14.4 Å². The molecule has 0 N–H and O–H groups in total. The predicted octanol–water partition coefficient (Wildman–Crippen LogP) is 2.52. The molecule has 5 heteroatoms. The summed E-state index contributed by atoms with van der Waals surface area (Å²) in [4.78, 5) is 18.8. The number of carbonyl (C=O) groups is 1. The molecule has 126 valence electrons. The average molecular weight is 318 g/mol. The maximum absolute atomic E-state index is 12.7. The average Bonchev–Trinajstić information content (AvgIpc) is 2.95. The van der Waals surface area contributed by atoms with Crippen LogP contribution >= 0.6 is 0 Å². The summed E-state index contributed by atoms with van der Waals surface area (Å²) in [5, 5.41) is 0. The van der Waals surface area contributed by atoms with Gasteiger partial charge in [-0.1, -0.05) is 12.5 Å². The maximum Gasteiger partial charge on any atom is 0.272 e. The zero-order valence-electron chi connectivity index (χ0n) is 14.0. The molecule has 1 aromatic heterocycles. The van der Waals surface area contributed by atoms with Crippen LogP contribution < -0.4 is 0 Å². The fraction of sp³-hybridized carbons (Fsp3) is 0.667. The molecule has 1 amide bonds.